The lowest BCUT2D eigenvalue weighted by molar-refractivity contribution is 0.198. The van der Waals surface area contributed by atoms with Crippen LogP contribution in [0.5, 0.6) is 5.88 Å². The number of ether oxygens (including phenoxy) is 1. The molecule has 0 radical (unpaired) electrons. The third-order valence-corrected chi connectivity index (χ3v) is 4.57. The zero-order chi connectivity index (χ0) is 20.8. The second kappa shape index (κ2) is 9.43. The Hall–Kier alpha value is -3.05. The number of rotatable bonds is 6. The van der Waals surface area contributed by atoms with E-state index in [9.17, 15) is 9.59 Å². The fourth-order valence-corrected chi connectivity index (χ4v) is 2.75. The number of aromatic nitrogens is 6. The van der Waals surface area contributed by atoms with Gasteiger partial charge in [-0.1, -0.05) is 23.4 Å². The predicted molar refractivity (Wildman–Crippen MR) is 107 cm³/mol. The summed E-state index contributed by atoms with van der Waals surface area (Å²) < 4.78 is 6.53. The first-order valence-corrected chi connectivity index (χ1v) is 9.93. The van der Waals surface area contributed by atoms with Gasteiger partial charge in [-0.2, -0.15) is 4.98 Å². The van der Waals surface area contributed by atoms with E-state index in [-0.39, 0.29) is 23.0 Å². The molecule has 0 aliphatic heterocycles. The fraction of sp³-hybridized carbons (Fsp3) is 0.235. The van der Waals surface area contributed by atoms with Gasteiger partial charge >= 0.3 is 6.09 Å². The van der Waals surface area contributed by atoms with Crippen LogP contribution < -0.4 is 15.6 Å². The van der Waals surface area contributed by atoms with Crippen LogP contribution in [0.4, 0.5) is 4.79 Å². The lowest BCUT2D eigenvalue weighted by Crippen LogP contribution is -2.31. The number of thioether (sulfide) groups is 1. The predicted octanol–water partition coefficient (Wildman–Crippen LogP) is 1.73. The van der Waals surface area contributed by atoms with Gasteiger partial charge in [0, 0.05) is 32.3 Å². The van der Waals surface area contributed by atoms with Crippen molar-refractivity contribution in [3.05, 3.63) is 52.1 Å². The first kappa shape index (κ1) is 20.7. The molecule has 0 fully saturated rings. The van der Waals surface area contributed by atoms with Gasteiger partial charge in [0.15, 0.2) is 5.16 Å². The molecule has 0 unspecified atom stereocenters. The van der Waals surface area contributed by atoms with E-state index in [0.717, 1.165) is 0 Å². The van der Waals surface area contributed by atoms with Gasteiger partial charge in [-0.25, -0.2) is 24.7 Å². The summed E-state index contributed by atoms with van der Waals surface area (Å²) in [6.07, 6.45) is 5.68. The maximum absolute atomic E-state index is 12.2. The largest absolute Gasteiger partial charge is 0.414 e. The molecule has 0 aromatic carbocycles. The number of carbonyl (C=O) groups excluding carboxylic acids is 1. The van der Waals surface area contributed by atoms with Crippen molar-refractivity contribution >= 4 is 29.5 Å². The molecule has 1 N–H and O–H groups in total. The summed E-state index contributed by atoms with van der Waals surface area (Å²) in [5.41, 5.74) is 0.739. The molecule has 29 heavy (non-hydrogen) atoms. The van der Waals surface area contributed by atoms with Crippen LogP contribution >= 0.6 is 23.4 Å². The zero-order valence-electron chi connectivity index (χ0n) is 15.5. The first-order valence-electron chi connectivity index (χ1n) is 8.33. The molecule has 0 saturated heterocycles. The van der Waals surface area contributed by atoms with Gasteiger partial charge in [0.2, 0.25) is 5.88 Å². The Balaban J connectivity index is 1.65. The Labute approximate surface area is 174 Å². The topological polar surface area (TPSA) is 125 Å². The third-order valence-electron chi connectivity index (χ3n) is 3.75. The highest BCUT2D eigenvalue weighted by Gasteiger charge is 2.13. The Morgan fingerprint density at radius 1 is 1.31 bits per heavy atom. The lowest BCUT2D eigenvalue weighted by Gasteiger charge is -2.10. The number of nitrogens with one attached hydrogen (secondary N) is 1. The molecular weight excluding hydrogens is 418 g/mol. The normalized spacial score (nSPS) is 10.6. The van der Waals surface area contributed by atoms with Crippen molar-refractivity contribution in [2.24, 2.45) is 7.05 Å². The van der Waals surface area contributed by atoms with E-state index in [1.54, 1.807) is 25.6 Å². The van der Waals surface area contributed by atoms with Crippen LogP contribution in [0.3, 0.4) is 0 Å². The third kappa shape index (κ3) is 5.27. The van der Waals surface area contributed by atoms with E-state index in [4.69, 9.17) is 16.3 Å². The summed E-state index contributed by atoms with van der Waals surface area (Å²) in [4.78, 5) is 44.7. The quantitative estimate of drug-likeness (QED) is 0.457. The van der Waals surface area contributed by atoms with Gasteiger partial charge in [-0.3, -0.25) is 9.36 Å². The summed E-state index contributed by atoms with van der Waals surface area (Å²) in [6.45, 7) is 0.185. The van der Waals surface area contributed by atoms with E-state index >= 15 is 0 Å². The van der Waals surface area contributed by atoms with Crippen LogP contribution in [0.25, 0.3) is 11.4 Å². The van der Waals surface area contributed by atoms with Crippen LogP contribution in [0.2, 0.25) is 5.02 Å². The second-order valence-electron chi connectivity index (χ2n) is 5.63. The molecule has 10 nitrogen and oxygen atoms in total. The summed E-state index contributed by atoms with van der Waals surface area (Å²) in [5.74, 6) is 0.455. The zero-order valence-corrected chi connectivity index (χ0v) is 17.1. The van der Waals surface area contributed by atoms with Gasteiger partial charge < -0.3 is 10.1 Å². The van der Waals surface area contributed by atoms with Crippen molar-refractivity contribution in [3.63, 3.8) is 0 Å². The van der Waals surface area contributed by atoms with Crippen LogP contribution in [-0.4, -0.2) is 48.4 Å². The minimum Gasteiger partial charge on any atom is -0.389 e. The molecule has 0 aliphatic rings. The molecule has 1 amide bonds. The Kier molecular flexibility index (Phi) is 6.73. The molecule has 0 spiro atoms. The van der Waals surface area contributed by atoms with Crippen molar-refractivity contribution in [1.82, 2.24) is 34.8 Å². The average Bonchev–Trinajstić information content (AvgIpc) is 2.73. The van der Waals surface area contributed by atoms with E-state index in [1.807, 2.05) is 0 Å². The van der Waals surface area contributed by atoms with E-state index in [2.05, 4.69) is 30.2 Å². The summed E-state index contributed by atoms with van der Waals surface area (Å²) in [6, 6.07) is 3.06. The van der Waals surface area contributed by atoms with Crippen molar-refractivity contribution in [3.8, 4) is 17.3 Å². The highest BCUT2D eigenvalue weighted by atomic mass is 35.5. The molecule has 0 atom stereocenters. The minimum atomic E-state index is -0.727. The molecule has 3 aromatic heterocycles. The monoisotopic (exact) mass is 433 g/mol. The molecule has 0 aliphatic carbocycles. The van der Waals surface area contributed by atoms with Gasteiger partial charge in [0.25, 0.3) is 5.56 Å². The SMILES string of the molecule is CSc1ncc(Cl)c(OC(=O)NCCc2nc(-c3ccncn3)cc(=O)n2C)n1. The van der Waals surface area contributed by atoms with Crippen molar-refractivity contribution in [1.29, 1.82) is 0 Å². The van der Waals surface area contributed by atoms with Crippen molar-refractivity contribution in [2.75, 3.05) is 12.8 Å². The maximum Gasteiger partial charge on any atom is 0.414 e. The number of amides is 1. The second-order valence-corrected chi connectivity index (χ2v) is 6.81. The standard InChI is InChI=1S/C17H16ClN7O3S/c1-25-13(23-12(7-14(25)26)11-3-5-19-9-22-11)4-6-20-17(27)28-15-10(18)8-21-16(24-15)29-2/h3,5,7-9H,4,6H2,1-2H3,(H,20,27). The summed E-state index contributed by atoms with van der Waals surface area (Å²) in [7, 11) is 1.61. The van der Waals surface area contributed by atoms with Gasteiger partial charge in [-0.15, -0.1) is 0 Å². The van der Waals surface area contributed by atoms with E-state index in [0.29, 0.717) is 28.8 Å². The minimum absolute atomic E-state index is 0.0280. The number of hydrogen-bond acceptors (Lipinski definition) is 9. The van der Waals surface area contributed by atoms with Gasteiger partial charge in [0.05, 0.1) is 17.6 Å². The molecule has 12 heteroatoms. The number of halogens is 1. The highest BCUT2D eigenvalue weighted by molar-refractivity contribution is 7.98. The lowest BCUT2D eigenvalue weighted by atomic mass is 10.2. The number of carbonyl (C=O) groups is 1. The first-order chi connectivity index (χ1) is 14.0. The number of nitrogens with zero attached hydrogens (tertiary/aromatic N) is 6. The van der Waals surface area contributed by atoms with Crippen LogP contribution in [0.1, 0.15) is 5.82 Å². The van der Waals surface area contributed by atoms with Crippen molar-refractivity contribution in [2.45, 2.75) is 11.6 Å². The average molecular weight is 434 g/mol. The van der Waals surface area contributed by atoms with Gasteiger partial charge in [-0.05, 0) is 12.3 Å². The fourth-order valence-electron chi connectivity index (χ4n) is 2.29. The van der Waals surface area contributed by atoms with Gasteiger partial charge in [0.1, 0.15) is 17.2 Å². The molecular formula is C17H16ClN7O3S. The Morgan fingerprint density at radius 2 is 2.14 bits per heavy atom. The molecule has 0 bridgehead atoms. The summed E-state index contributed by atoms with van der Waals surface area (Å²) in [5, 5.41) is 3.14. The Morgan fingerprint density at radius 3 is 2.86 bits per heavy atom. The van der Waals surface area contributed by atoms with Crippen molar-refractivity contribution < 1.29 is 9.53 Å². The Bertz CT molecular complexity index is 1080. The number of hydrogen-bond donors (Lipinski definition) is 1. The van der Waals surface area contributed by atoms with Crippen LogP contribution in [0, 0.1) is 0 Å². The maximum atomic E-state index is 12.2. The molecule has 3 aromatic rings. The van der Waals surface area contributed by atoms with Crippen LogP contribution in [0.15, 0.2) is 40.8 Å². The van der Waals surface area contributed by atoms with E-state index in [1.165, 1.54) is 34.9 Å². The summed E-state index contributed by atoms with van der Waals surface area (Å²) >= 11 is 7.24. The molecule has 3 heterocycles. The molecule has 3 rings (SSSR count). The van der Waals surface area contributed by atoms with E-state index < -0.39 is 6.09 Å². The smallest absolute Gasteiger partial charge is 0.389 e. The highest BCUT2D eigenvalue weighted by Crippen LogP contribution is 2.23. The molecule has 150 valence electrons. The molecule has 0 saturated carbocycles. The van der Waals surface area contributed by atoms with Crippen LogP contribution in [-0.2, 0) is 13.5 Å².